The Morgan fingerprint density at radius 2 is 1.78 bits per heavy atom. The van der Waals surface area contributed by atoms with Crippen LogP contribution in [0.4, 0.5) is 5.69 Å². The largest absolute Gasteiger partial charge is 0.495 e. The zero-order valence-corrected chi connectivity index (χ0v) is 13.0. The van der Waals surface area contributed by atoms with Gasteiger partial charge in [0.2, 0.25) is 0 Å². The maximum Gasteiger partial charge on any atom is 0.176 e. The molecule has 0 aliphatic rings. The average Bonchev–Trinajstić information content (AvgIpc) is 2.33. The number of rotatable bonds is 6. The Bertz CT molecular complexity index is 394. The highest BCUT2D eigenvalue weighted by molar-refractivity contribution is 9.10. The maximum atomic E-state index is 5.38. The first-order valence-electron chi connectivity index (χ1n) is 5.69. The van der Waals surface area contributed by atoms with E-state index in [2.05, 4.69) is 21.2 Å². The normalized spacial score (nSPS) is 12.6. The van der Waals surface area contributed by atoms with E-state index in [0.29, 0.717) is 0 Å². The van der Waals surface area contributed by atoms with Crippen LogP contribution in [-0.4, -0.2) is 33.7 Å². The van der Waals surface area contributed by atoms with Crippen molar-refractivity contribution in [3.05, 3.63) is 22.2 Å². The quantitative estimate of drug-likeness (QED) is 0.818. The molecule has 1 N–H and O–H groups in total. The van der Waals surface area contributed by atoms with Crippen LogP contribution in [0.2, 0.25) is 0 Å². The van der Waals surface area contributed by atoms with Crippen LogP contribution in [0.25, 0.3) is 0 Å². The molecule has 4 nitrogen and oxygen atoms in total. The predicted molar refractivity (Wildman–Crippen MR) is 76.3 cm³/mol. The Balaban J connectivity index is 2.96. The van der Waals surface area contributed by atoms with Crippen LogP contribution in [-0.2, 0) is 9.47 Å². The summed E-state index contributed by atoms with van der Waals surface area (Å²) in [7, 11) is 4.90. The van der Waals surface area contributed by atoms with Crippen molar-refractivity contribution in [2.45, 2.75) is 26.2 Å². The Kier molecular flexibility index (Phi) is 5.91. The molecule has 5 heteroatoms. The second kappa shape index (κ2) is 6.97. The number of anilines is 1. The Morgan fingerprint density at radius 1 is 1.17 bits per heavy atom. The van der Waals surface area contributed by atoms with E-state index in [9.17, 15) is 0 Å². The van der Waals surface area contributed by atoms with E-state index in [0.717, 1.165) is 21.5 Å². The van der Waals surface area contributed by atoms with Gasteiger partial charge in [-0.1, -0.05) is 15.9 Å². The summed E-state index contributed by atoms with van der Waals surface area (Å²) in [6.07, 6.45) is -0.308. The molecule has 1 aromatic carbocycles. The number of aryl methyl sites for hydroxylation is 1. The lowest BCUT2D eigenvalue weighted by Gasteiger charge is -2.25. The molecule has 18 heavy (non-hydrogen) atoms. The minimum atomic E-state index is -0.308. The lowest BCUT2D eigenvalue weighted by molar-refractivity contribution is -0.109. The summed E-state index contributed by atoms with van der Waals surface area (Å²) < 4.78 is 16.8. The van der Waals surface area contributed by atoms with Gasteiger partial charge in [0.05, 0.1) is 18.8 Å². The predicted octanol–water partition coefficient (Wildman–Crippen LogP) is 3.19. The van der Waals surface area contributed by atoms with Gasteiger partial charge in [0.1, 0.15) is 5.75 Å². The summed E-state index contributed by atoms with van der Waals surface area (Å²) in [5.41, 5.74) is 2.05. The third-order valence-corrected chi connectivity index (χ3v) is 3.19. The number of hydrogen-bond acceptors (Lipinski definition) is 4. The average molecular weight is 318 g/mol. The molecule has 102 valence electrons. The second-order valence-corrected chi connectivity index (χ2v) is 4.99. The fourth-order valence-corrected chi connectivity index (χ4v) is 2.41. The third-order valence-electron chi connectivity index (χ3n) is 2.73. The molecule has 0 fully saturated rings. The molecule has 0 saturated heterocycles. The number of benzene rings is 1. The summed E-state index contributed by atoms with van der Waals surface area (Å²) in [5, 5.41) is 3.36. The van der Waals surface area contributed by atoms with E-state index in [-0.39, 0.29) is 12.3 Å². The molecule has 0 radical (unpaired) electrons. The van der Waals surface area contributed by atoms with E-state index in [1.54, 1.807) is 21.3 Å². The summed E-state index contributed by atoms with van der Waals surface area (Å²) in [6, 6.07) is 3.97. The molecule has 1 unspecified atom stereocenters. The minimum Gasteiger partial charge on any atom is -0.495 e. The van der Waals surface area contributed by atoms with Crippen molar-refractivity contribution in [3.63, 3.8) is 0 Å². The van der Waals surface area contributed by atoms with Crippen LogP contribution in [0.15, 0.2) is 16.6 Å². The molecular weight excluding hydrogens is 298 g/mol. The van der Waals surface area contributed by atoms with Crippen LogP contribution in [0, 0.1) is 6.92 Å². The lowest BCUT2D eigenvalue weighted by Crippen LogP contribution is -2.34. The molecule has 0 aliphatic carbocycles. The van der Waals surface area contributed by atoms with Crippen molar-refractivity contribution in [1.29, 1.82) is 0 Å². The first-order valence-corrected chi connectivity index (χ1v) is 6.49. The molecule has 0 saturated carbocycles. The summed E-state index contributed by atoms with van der Waals surface area (Å²) in [4.78, 5) is 0. The van der Waals surface area contributed by atoms with Gasteiger partial charge in [-0.05, 0) is 31.5 Å². The second-order valence-electron chi connectivity index (χ2n) is 4.07. The van der Waals surface area contributed by atoms with E-state index in [1.807, 2.05) is 26.0 Å². The minimum absolute atomic E-state index is 0.00813. The third kappa shape index (κ3) is 3.60. The fourth-order valence-electron chi connectivity index (χ4n) is 1.86. The Labute approximate surface area is 117 Å². The van der Waals surface area contributed by atoms with Crippen molar-refractivity contribution < 1.29 is 14.2 Å². The topological polar surface area (TPSA) is 39.7 Å². The van der Waals surface area contributed by atoms with E-state index >= 15 is 0 Å². The van der Waals surface area contributed by atoms with E-state index < -0.39 is 0 Å². The SMILES string of the molecule is COc1cc(Br)cc(C)c1NC(C)C(OC)OC. The summed E-state index contributed by atoms with van der Waals surface area (Å²) in [6.45, 7) is 4.02. The fraction of sp³-hybridized carbons (Fsp3) is 0.538. The van der Waals surface area contributed by atoms with Gasteiger partial charge in [0.25, 0.3) is 0 Å². The zero-order valence-electron chi connectivity index (χ0n) is 11.4. The van der Waals surface area contributed by atoms with Gasteiger partial charge in [0, 0.05) is 18.7 Å². The van der Waals surface area contributed by atoms with Crippen molar-refractivity contribution >= 4 is 21.6 Å². The molecule has 0 heterocycles. The van der Waals surface area contributed by atoms with Crippen molar-refractivity contribution in [3.8, 4) is 5.75 Å². The number of methoxy groups -OCH3 is 3. The highest BCUT2D eigenvalue weighted by atomic mass is 79.9. The highest BCUT2D eigenvalue weighted by Gasteiger charge is 2.18. The van der Waals surface area contributed by atoms with Crippen LogP contribution in [0.3, 0.4) is 0 Å². The summed E-state index contributed by atoms with van der Waals surface area (Å²) >= 11 is 3.45. The van der Waals surface area contributed by atoms with Crippen molar-refractivity contribution in [2.24, 2.45) is 0 Å². The van der Waals surface area contributed by atoms with Crippen molar-refractivity contribution in [1.82, 2.24) is 0 Å². The van der Waals surface area contributed by atoms with Crippen LogP contribution < -0.4 is 10.1 Å². The number of hydrogen-bond donors (Lipinski definition) is 1. The highest BCUT2D eigenvalue weighted by Crippen LogP contribution is 2.32. The number of halogens is 1. The monoisotopic (exact) mass is 317 g/mol. The molecule has 1 aromatic rings. The van der Waals surface area contributed by atoms with Crippen LogP contribution in [0.5, 0.6) is 5.75 Å². The maximum absolute atomic E-state index is 5.38. The van der Waals surface area contributed by atoms with Crippen LogP contribution in [0.1, 0.15) is 12.5 Å². The number of nitrogens with one attached hydrogen (secondary N) is 1. The van der Waals surface area contributed by atoms with E-state index in [4.69, 9.17) is 14.2 Å². The smallest absolute Gasteiger partial charge is 0.176 e. The molecule has 0 aromatic heterocycles. The van der Waals surface area contributed by atoms with Gasteiger partial charge in [-0.3, -0.25) is 0 Å². The van der Waals surface area contributed by atoms with Gasteiger partial charge >= 0.3 is 0 Å². The zero-order chi connectivity index (χ0) is 13.7. The van der Waals surface area contributed by atoms with Gasteiger partial charge in [-0.2, -0.15) is 0 Å². The van der Waals surface area contributed by atoms with Gasteiger partial charge in [0.15, 0.2) is 6.29 Å². The number of ether oxygens (including phenoxy) is 3. The molecule has 0 amide bonds. The molecule has 1 atom stereocenters. The summed E-state index contributed by atoms with van der Waals surface area (Å²) in [5.74, 6) is 0.791. The van der Waals surface area contributed by atoms with E-state index in [1.165, 1.54) is 0 Å². The van der Waals surface area contributed by atoms with Gasteiger partial charge in [-0.15, -0.1) is 0 Å². The van der Waals surface area contributed by atoms with Gasteiger partial charge in [-0.25, -0.2) is 0 Å². The first-order chi connectivity index (χ1) is 8.53. The molecule has 1 rings (SSSR count). The van der Waals surface area contributed by atoms with Crippen LogP contribution >= 0.6 is 15.9 Å². The van der Waals surface area contributed by atoms with Gasteiger partial charge < -0.3 is 19.5 Å². The molecular formula is C13H20BrNO3. The first kappa shape index (κ1) is 15.3. The Morgan fingerprint density at radius 3 is 2.28 bits per heavy atom. The standard InChI is InChI=1S/C13H20BrNO3/c1-8-6-10(14)7-11(16-3)12(8)15-9(2)13(17-4)18-5/h6-7,9,13,15H,1-5H3. The lowest BCUT2D eigenvalue weighted by atomic mass is 10.1. The molecule has 0 bridgehead atoms. The molecule has 0 spiro atoms. The Hall–Kier alpha value is -0.780. The van der Waals surface area contributed by atoms with Crippen molar-refractivity contribution in [2.75, 3.05) is 26.6 Å². The molecule has 0 aliphatic heterocycles.